The molecule has 0 radical (unpaired) electrons. The summed E-state index contributed by atoms with van der Waals surface area (Å²) < 4.78 is 5.10. The lowest BCUT2D eigenvalue weighted by Crippen LogP contribution is -2.21. The molecule has 0 fully saturated rings. The summed E-state index contributed by atoms with van der Waals surface area (Å²) in [5.41, 5.74) is 1.01. The van der Waals surface area contributed by atoms with Crippen LogP contribution in [0.3, 0.4) is 0 Å². The van der Waals surface area contributed by atoms with Gasteiger partial charge in [0.15, 0.2) is 0 Å². The molecule has 3 rings (SSSR count). The number of hydrogen-bond acceptors (Lipinski definition) is 4. The number of carbonyl (C=O) groups excluding carboxylic acids is 1. The summed E-state index contributed by atoms with van der Waals surface area (Å²) in [6.07, 6.45) is 0. The van der Waals surface area contributed by atoms with E-state index in [-0.39, 0.29) is 5.69 Å². The molecule has 2 N–H and O–H groups in total. The fourth-order valence-corrected chi connectivity index (χ4v) is 2.42. The average molecular weight is 356 g/mol. The van der Waals surface area contributed by atoms with Crippen molar-refractivity contribution in [2.24, 2.45) is 0 Å². The number of halogens is 1. The number of anilines is 1. The van der Waals surface area contributed by atoms with Gasteiger partial charge in [0.1, 0.15) is 11.4 Å². The number of H-pyrrole nitrogens is 1. The molecule has 1 heterocycles. The standard InChI is InChI=1S/C18H14ClN3O3/c1-25-12-8-6-11(7-9-12)15-10-16(22-18(24)21-15)17(23)20-14-5-3-2-4-13(14)19/h2-10H,1H3,(H,20,23)(H,21,22,24). The Morgan fingerprint density at radius 3 is 2.56 bits per heavy atom. The normalized spacial score (nSPS) is 10.3. The van der Waals surface area contributed by atoms with Crippen molar-refractivity contribution in [2.45, 2.75) is 0 Å². The van der Waals surface area contributed by atoms with Crippen molar-refractivity contribution < 1.29 is 9.53 Å². The largest absolute Gasteiger partial charge is 0.497 e. The van der Waals surface area contributed by atoms with E-state index in [1.807, 2.05) is 0 Å². The summed E-state index contributed by atoms with van der Waals surface area (Å²) in [7, 11) is 1.57. The van der Waals surface area contributed by atoms with Crippen molar-refractivity contribution in [1.29, 1.82) is 0 Å². The minimum atomic E-state index is -0.613. The number of ether oxygens (including phenoxy) is 1. The van der Waals surface area contributed by atoms with Crippen molar-refractivity contribution in [3.63, 3.8) is 0 Å². The maximum absolute atomic E-state index is 12.4. The number of methoxy groups -OCH3 is 1. The number of rotatable bonds is 4. The molecule has 0 bridgehead atoms. The second-order valence-electron chi connectivity index (χ2n) is 5.15. The van der Waals surface area contributed by atoms with Gasteiger partial charge in [-0.15, -0.1) is 0 Å². The molecule has 0 spiro atoms. The summed E-state index contributed by atoms with van der Waals surface area (Å²) >= 11 is 6.03. The summed E-state index contributed by atoms with van der Waals surface area (Å²) in [6.45, 7) is 0. The van der Waals surface area contributed by atoms with Gasteiger partial charge in [-0.25, -0.2) is 4.79 Å². The van der Waals surface area contributed by atoms with E-state index >= 15 is 0 Å². The molecule has 126 valence electrons. The molecular formula is C18H14ClN3O3. The van der Waals surface area contributed by atoms with Crippen LogP contribution in [0.1, 0.15) is 10.5 Å². The maximum Gasteiger partial charge on any atom is 0.346 e. The Morgan fingerprint density at radius 1 is 1.16 bits per heavy atom. The molecule has 2 aromatic carbocycles. The highest BCUT2D eigenvalue weighted by molar-refractivity contribution is 6.33. The van der Waals surface area contributed by atoms with Crippen molar-refractivity contribution >= 4 is 23.2 Å². The van der Waals surface area contributed by atoms with E-state index in [1.54, 1.807) is 55.6 Å². The van der Waals surface area contributed by atoms with Crippen LogP contribution in [0.4, 0.5) is 5.69 Å². The number of carbonyl (C=O) groups is 1. The smallest absolute Gasteiger partial charge is 0.346 e. The predicted octanol–water partition coefficient (Wildman–Crippen LogP) is 3.35. The van der Waals surface area contributed by atoms with Gasteiger partial charge in [0.2, 0.25) is 0 Å². The molecule has 25 heavy (non-hydrogen) atoms. The van der Waals surface area contributed by atoms with Crippen molar-refractivity contribution in [2.75, 3.05) is 12.4 Å². The third kappa shape index (κ3) is 3.87. The Kier molecular flexibility index (Phi) is 4.81. The molecule has 0 unspecified atom stereocenters. The number of nitrogens with one attached hydrogen (secondary N) is 2. The van der Waals surface area contributed by atoms with Crippen LogP contribution in [0, 0.1) is 0 Å². The van der Waals surface area contributed by atoms with Crippen LogP contribution >= 0.6 is 11.6 Å². The fourth-order valence-electron chi connectivity index (χ4n) is 2.24. The zero-order valence-electron chi connectivity index (χ0n) is 13.2. The zero-order chi connectivity index (χ0) is 17.8. The van der Waals surface area contributed by atoms with E-state index in [0.29, 0.717) is 27.7 Å². The lowest BCUT2D eigenvalue weighted by atomic mass is 10.1. The lowest BCUT2D eigenvalue weighted by molar-refractivity contribution is 0.102. The van der Waals surface area contributed by atoms with Gasteiger partial charge in [-0.2, -0.15) is 4.98 Å². The van der Waals surface area contributed by atoms with E-state index in [0.717, 1.165) is 0 Å². The summed E-state index contributed by atoms with van der Waals surface area (Å²) in [6, 6.07) is 15.4. The van der Waals surface area contributed by atoms with Gasteiger partial charge in [-0.05, 0) is 42.5 Å². The molecular weight excluding hydrogens is 342 g/mol. The van der Waals surface area contributed by atoms with Gasteiger partial charge in [0, 0.05) is 5.56 Å². The van der Waals surface area contributed by atoms with Crippen LogP contribution in [0.5, 0.6) is 5.75 Å². The van der Waals surface area contributed by atoms with Crippen LogP contribution < -0.4 is 15.7 Å². The molecule has 7 heteroatoms. The van der Waals surface area contributed by atoms with Gasteiger partial charge in [0.05, 0.1) is 23.5 Å². The third-order valence-corrected chi connectivity index (χ3v) is 3.83. The van der Waals surface area contributed by atoms with Crippen LogP contribution in [0.25, 0.3) is 11.3 Å². The minimum Gasteiger partial charge on any atom is -0.497 e. The molecule has 0 aliphatic rings. The highest BCUT2D eigenvalue weighted by atomic mass is 35.5. The predicted molar refractivity (Wildman–Crippen MR) is 96.3 cm³/mol. The molecule has 6 nitrogen and oxygen atoms in total. The molecule has 3 aromatic rings. The Bertz CT molecular complexity index is 968. The second-order valence-corrected chi connectivity index (χ2v) is 5.55. The van der Waals surface area contributed by atoms with Crippen LogP contribution in [0.15, 0.2) is 59.4 Å². The molecule has 1 amide bonds. The van der Waals surface area contributed by atoms with E-state index in [9.17, 15) is 9.59 Å². The Labute approximate surface area is 148 Å². The maximum atomic E-state index is 12.4. The van der Waals surface area contributed by atoms with Crippen LogP contribution in [-0.2, 0) is 0 Å². The number of aromatic amines is 1. The van der Waals surface area contributed by atoms with Crippen molar-refractivity contribution in [3.05, 3.63) is 75.8 Å². The first-order valence-electron chi connectivity index (χ1n) is 7.38. The number of nitrogens with zero attached hydrogens (tertiary/aromatic N) is 1. The Morgan fingerprint density at radius 2 is 1.88 bits per heavy atom. The van der Waals surface area contributed by atoms with Gasteiger partial charge < -0.3 is 15.0 Å². The zero-order valence-corrected chi connectivity index (χ0v) is 14.0. The molecule has 0 saturated heterocycles. The van der Waals surface area contributed by atoms with Crippen LogP contribution in [-0.4, -0.2) is 23.0 Å². The number of para-hydroxylation sites is 1. The number of benzene rings is 2. The third-order valence-electron chi connectivity index (χ3n) is 3.50. The number of hydrogen-bond donors (Lipinski definition) is 2. The van der Waals surface area contributed by atoms with Gasteiger partial charge in [-0.1, -0.05) is 23.7 Å². The second kappa shape index (κ2) is 7.19. The minimum absolute atomic E-state index is 0.0886. The first-order chi connectivity index (χ1) is 12.1. The van der Waals surface area contributed by atoms with E-state index < -0.39 is 11.6 Å². The average Bonchev–Trinajstić information content (AvgIpc) is 2.63. The van der Waals surface area contributed by atoms with E-state index in [2.05, 4.69) is 15.3 Å². The Hall–Kier alpha value is -3.12. The topological polar surface area (TPSA) is 84.1 Å². The molecule has 0 atom stereocenters. The van der Waals surface area contributed by atoms with Crippen molar-refractivity contribution in [1.82, 2.24) is 9.97 Å². The summed E-state index contributed by atoms with van der Waals surface area (Å²) in [5.74, 6) is 0.202. The molecule has 0 aliphatic heterocycles. The summed E-state index contributed by atoms with van der Waals surface area (Å²) in [4.78, 5) is 30.6. The molecule has 0 saturated carbocycles. The highest BCUT2D eigenvalue weighted by Crippen LogP contribution is 2.22. The highest BCUT2D eigenvalue weighted by Gasteiger charge is 2.12. The SMILES string of the molecule is COc1ccc(-c2cc(C(=O)Nc3ccccc3Cl)[nH]c(=O)n2)cc1. The van der Waals surface area contributed by atoms with E-state index in [4.69, 9.17) is 16.3 Å². The molecule has 0 aliphatic carbocycles. The Balaban J connectivity index is 1.92. The monoisotopic (exact) mass is 355 g/mol. The van der Waals surface area contributed by atoms with Crippen LogP contribution in [0.2, 0.25) is 5.02 Å². The van der Waals surface area contributed by atoms with E-state index in [1.165, 1.54) is 6.07 Å². The number of amides is 1. The first kappa shape index (κ1) is 16.7. The van der Waals surface area contributed by atoms with Crippen molar-refractivity contribution in [3.8, 4) is 17.0 Å². The van der Waals surface area contributed by atoms with Gasteiger partial charge in [-0.3, -0.25) is 4.79 Å². The number of aromatic nitrogens is 2. The van der Waals surface area contributed by atoms with Gasteiger partial charge in [0.25, 0.3) is 5.91 Å². The lowest BCUT2D eigenvalue weighted by Gasteiger charge is -2.08. The fraction of sp³-hybridized carbons (Fsp3) is 0.0556. The quantitative estimate of drug-likeness (QED) is 0.751. The summed E-state index contributed by atoms with van der Waals surface area (Å²) in [5, 5.41) is 3.07. The molecule has 1 aromatic heterocycles. The van der Waals surface area contributed by atoms with Gasteiger partial charge >= 0.3 is 5.69 Å². The first-order valence-corrected chi connectivity index (χ1v) is 7.76.